The molecule has 1 fully saturated rings. The number of phenolic OH excluding ortho intramolecular Hbond substituents is 1. The van der Waals surface area contributed by atoms with Crippen LogP contribution in [-0.4, -0.2) is 47.6 Å². The van der Waals surface area contributed by atoms with Gasteiger partial charge in [-0.15, -0.1) is 0 Å². The van der Waals surface area contributed by atoms with Crippen LogP contribution in [0.15, 0.2) is 46.0 Å². The number of hydrogen-bond donors (Lipinski definition) is 2. The summed E-state index contributed by atoms with van der Waals surface area (Å²) in [5.41, 5.74) is 1.23. The summed E-state index contributed by atoms with van der Waals surface area (Å²) in [5.74, 6) is 0.0613. The fourth-order valence-corrected chi connectivity index (χ4v) is 3.75. The van der Waals surface area contributed by atoms with E-state index in [0.29, 0.717) is 43.9 Å². The van der Waals surface area contributed by atoms with Gasteiger partial charge in [-0.3, -0.25) is 4.90 Å². The number of anilines is 1. The van der Waals surface area contributed by atoms with E-state index < -0.39 is 11.7 Å². The van der Waals surface area contributed by atoms with Gasteiger partial charge in [-0.05, 0) is 36.4 Å². The number of rotatable bonds is 4. The quantitative estimate of drug-likeness (QED) is 0.408. The average molecular weight is 458 g/mol. The highest BCUT2D eigenvalue weighted by Crippen LogP contribution is 2.31. The molecule has 0 aromatic heterocycles. The lowest BCUT2D eigenvalue weighted by atomic mass is 10.1. The summed E-state index contributed by atoms with van der Waals surface area (Å²) < 4.78 is 38.8. The molecule has 1 saturated heterocycles. The van der Waals surface area contributed by atoms with Gasteiger partial charge in [0.05, 0.1) is 11.8 Å². The highest BCUT2D eigenvalue weighted by Gasteiger charge is 2.30. The molecule has 2 aromatic rings. The van der Waals surface area contributed by atoms with Crippen molar-refractivity contribution in [1.29, 1.82) is 0 Å². The van der Waals surface area contributed by atoms with Gasteiger partial charge >= 0.3 is 6.18 Å². The Morgan fingerprint density at radius 3 is 2.29 bits per heavy atom. The van der Waals surface area contributed by atoms with Crippen LogP contribution in [-0.2, 0) is 12.7 Å². The van der Waals surface area contributed by atoms with Crippen LogP contribution in [0.3, 0.4) is 0 Å². The number of phenols is 1. The molecule has 150 valence electrons. The largest absolute Gasteiger partial charge is 0.507 e. The lowest BCUT2D eigenvalue weighted by Gasteiger charge is -2.36. The third kappa shape index (κ3) is 4.77. The van der Waals surface area contributed by atoms with Crippen molar-refractivity contribution < 1.29 is 23.5 Å². The molecule has 2 aromatic carbocycles. The zero-order valence-corrected chi connectivity index (χ0v) is 16.4. The first kappa shape index (κ1) is 20.5. The summed E-state index contributed by atoms with van der Waals surface area (Å²) in [7, 11) is 0. The van der Waals surface area contributed by atoms with E-state index in [2.05, 4.69) is 26.0 Å². The molecule has 9 heteroatoms. The maximum atomic E-state index is 12.7. The van der Waals surface area contributed by atoms with Gasteiger partial charge in [0.2, 0.25) is 0 Å². The molecule has 0 aliphatic carbocycles. The van der Waals surface area contributed by atoms with Crippen LogP contribution in [0.1, 0.15) is 16.7 Å². The van der Waals surface area contributed by atoms with Crippen molar-refractivity contribution in [3.05, 3.63) is 57.6 Å². The van der Waals surface area contributed by atoms with E-state index in [-0.39, 0.29) is 5.75 Å². The minimum atomic E-state index is -4.33. The van der Waals surface area contributed by atoms with Gasteiger partial charge in [0, 0.05) is 54.0 Å². The number of alkyl halides is 3. The topological polar surface area (TPSA) is 59.3 Å². The zero-order valence-electron chi connectivity index (χ0n) is 14.8. The number of benzene rings is 2. The molecule has 0 atom stereocenters. The first-order valence-corrected chi connectivity index (χ1v) is 9.40. The standard InChI is InChI=1S/C19H19BrF3N3O2/c20-16-9-13(11-24-28)18(27)14(10-16)12-25-5-7-26(8-6-25)17-3-1-15(2-4-17)19(21,22)23/h1-4,9-11,27-28H,5-8,12H2/b24-11+. The Labute approximate surface area is 168 Å². The van der Waals surface area contributed by atoms with Crippen molar-refractivity contribution in [3.8, 4) is 5.75 Å². The number of oxime groups is 1. The van der Waals surface area contributed by atoms with E-state index in [1.165, 1.54) is 18.3 Å². The molecule has 0 spiro atoms. The Morgan fingerprint density at radius 1 is 1.07 bits per heavy atom. The van der Waals surface area contributed by atoms with Crippen molar-refractivity contribution in [3.63, 3.8) is 0 Å². The fourth-order valence-electron chi connectivity index (χ4n) is 3.23. The molecule has 0 bridgehead atoms. The Hall–Kier alpha value is -2.26. The monoisotopic (exact) mass is 457 g/mol. The van der Waals surface area contributed by atoms with Crippen molar-refractivity contribution in [2.75, 3.05) is 31.1 Å². The maximum absolute atomic E-state index is 12.7. The van der Waals surface area contributed by atoms with Crippen LogP contribution in [0.2, 0.25) is 0 Å². The zero-order chi connectivity index (χ0) is 20.3. The smallest absolute Gasteiger partial charge is 0.416 e. The summed E-state index contributed by atoms with van der Waals surface area (Å²) in [6.45, 7) is 3.27. The summed E-state index contributed by atoms with van der Waals surface area (Å²) in [6, 6.07) is 8.67. The van der Waals surface area contributed by atoms with E-state index in [4.69, 9.17) is 5.21 Å². The molecular weight excluding hydrogens is 439 g/mol. The van der Waals surface area contributed by atoms with E-state index >= 15 is 0 Å². The van der Waals surface area contributed by atoms with E-state index in [9.17, 15) is 18.3 Å². The van der Waals surface area contributed by atoms with Crippen LogP contribution in [0, 0.1) is 0 Å². The third-order valence-electron chi connectivity index (χ3n) is 4.71. The van der Waals surface area contributed by atoms with Crippen LogP contribution in [0.4, 0.5) is 18.9 Å². The lowest BCUT2D eigenvalue weighted by molar-refractivity contribution is -0.137. The van der Waals surface area contributed by atoms with Gasteiger partial charge in [0.25, 0.3) is 0 Å². The van der Waals surface area contributed by atoms with Crippen molar-refractivity contribution in [2.45, 2.75) is 12.7 Å². The Kier molecular flexibility index (Phi) is 6.14. The number of nitrogens with zero attached hydrogens (tertiary/aromatic N) is 3. The second kappa shape index (κ2) is 8.40. The molecule has 28 heavy (non-hydrogen) atoms. The van der Waals surface area contributed by atoms with Gasteiger partial charge < -0.3 is 15.2 Å². The SMILES string of the molecule is O/N=C/c1cc(Br)cc(CN2CCN(c3ccc(C(F)(F)F)cc3)CC2)c1O. The first-order valence-electron chi connectivity index (χ1n) is 8.61. The number of aromatic hydroxyl groups is 1. The molecule has 1 heterocycles. The van der Waals surface area contributed by atoms with Gasteiger partial charge in [-0.25, -0.2) is 0 Å². The first-order chi connectivity index (χ1) is 13.3. The molecule has 0 saturated carbocycles. The Morgan fingerprint density at radius 2 is 1.71 bits per heavy atom. The molecule has 0 radical (unpaired) electrons. The third-order valence-corrected chi connectivity index (χ3v) is 5.16. The lowest BCUT2D eigenvalue weighted by Crippen LogP contribution is -2.46. The molecule has 1 aliphatic heterocycles. The second-order valence-electron chi connectivity index (χ2n) is 6.56. The molecular formula is C19H19BrF3N3O2. The maximum Gasteiger partial charge on any atom is 0.416 e. The highest BCUT2D eigenvalue weighted by molar-refractivity contribution is 9.10. The second-order valence-corrected chi connectivity index (χ2v) is 7.47. The molecule has 2 N–H and O–H groups in total. The van der Waals surface area contributed by atoms with Crippen LogP contribution in [0.25, 0.3) is 0 Å². The summed E-state index contributed by atoms with van der Waals surface area (Å²) in [5, 5.41) is 22.0. The molecule has 3 rings (SSSR count). The predicted octanol–water partition coefficient (Wildman–Crippen LogP) is 4.30. The molecule has 1 aliphatic rings. The molecule has 5 nitrogen and oxygen atoms in total. The Balaban J connectivity index is 1.63. The predicted molar refractivity (Wildman–Crippen MR) is 104 cm³/mol. The van der Waals surface area contributed by atoms with E-state index in [0.717, 1.165) is 22.3 Å². The van der Waals surface area contributed by atoms with Crippen molar-refractivity contribution in [1.82, 2.24) is 4.90 Å². The molecule has 0 amide bonds. The molecule has 0 unspecified atom stereocenters. The normalized spacial score (nSPS) is 16.1. The number of piperazine rings is 1. The van der Waals surface area contributed by atoms with Gasteiger partial charge in [0.1, 0.15) is 5.75 Å². The van der Waals surface area contributed by atoms with E-state index in [1.54, 1.807) is 6.07 Å². The highest BCUT2D eigenvalue weighted by atomic mass is 79.9. The fraction of sp³-hybridized carbons (Fsp3) is 0.316. The minimum absolute atomic E-state index is 0.0613. The van der Waals surface area contributed by atoms with Crippen molar-refractivity contribution >= 4 is 27.8 Å². The van der Waals surface area contributed by atoms with Crippen LogP contribution in [0.5, 0.6) is 5.75 Å². The van der Waals surface area contributed by atoms with E-state index in [1.807, 2.05) is 11.0 Å². The van der Waals surface area contributed by atoms with Crippen LogP contribution < -0.4 is 4.90 Å². The van der Waals surface area contributed by atoms with Crippen LogP contribution >= 0.6 is 15.9 Å². The van der Waals surface area contributed by atoms with Crippen molar-refractivity contribution in [2.24, 2.45) is 5.16 Å². The number of halogens is 4. The summed E-state index contributed by atoms with van der Waals surface area (Å²) in [4.78, 5) is 4.20. The average Bonchev–Trinajstić information content (AvgIpc) is 2.66. The summed E-state index contributed by atoms with van der Waals surface area (Å²) in [6.07, 6.45) is -3.16. The minimum Gasteiger partial charge on any atom is -0.507 e. The number of hydrogen-bond acceptors (Lipinski definition) is 5. The van der Waals surface area contributed by atoms with Gasteiger partial charge in [-0.2, -0.15) is 13.2 Å². The van der Waals surface area contributed by atoms with Gasteiger partial charge in [-0.1, -0.05) is 21.1 Å². The Bertz CT molecular complexity index is 849. The summed E-state index contributed by atoms with van der Waals surface area (Å²) >= 11 is 3.38. The van der Waals surface area contributed by atoms with Gasteiger partial charge in [0.15, 0.2) is 0 Å².